The Morgan fingerprint density at radius 2 is 1.66 bits per heavy atom. The second-order valence-corrected chi connectivity index (χ2v) is 9.43. The van der Waals surface area contributed by atoms with Crippen LogP contribution in [0.25, 0.3) is 0 Å². The summed E-state index contributed by atoms with van der Waals surface area (Å²) in [5, 5.41) is 0. The van der Waals surface area contributed by atoms with Crippen LogP contribution in [0.1, 0.15) is 31.3 Å². The molecule has 29 heavy (non-hydrogen) atoms. The first-order chi connectivity index (χ1) is 13.5. The second-order valence-electron chi connectivity index (χ2n) is 7.52. The molecular formula is C18H26N6O4S. The van der Waals surface area contributed by atoms with Crippen molar-refractivity contribution < 1.29 is 8.42 Å². The fraction of sp³-hybridized carbons (Fsp3) is 0.556. The van der Waals surface area contributed by atoms with Crippen molar-refractivity contribution in [3.8, 4) is 0 Å². The van der Waals surface area contributed by atoms with Gasteiger partial charge in [-0.25, -0.2) is 23.2 Å². The quantitative estimate of drug-likeness (QED) is 0.672. The van der Waals surface area contributed by atoms with Crippen molar-refractivity contribution in [2.24, 2.45) is 14.1 Å². The molecule has 0 N–H and O–H groups in total. The average molecular weight is 423 g/mol. The molecule has 0 unspecified atom stereocenters. The van der Waals surface area contributed by atoms with Crippen molar-refractivity contribution in [2.75, 3.05) is 31.1 Å². The number of nitrogens with zero attached hydrogens (tertiary/aromatic N) is 6. The van der Waals surface area contributed by atoms with Crippen LogP contribution >= 0.6 is 0 Å². The molecule has 1 fully saturated rings. The van der Waals surface area contributed by atoms with Gasteiger partial charge in [0.2, 0.25) is 10.0 Å². The van der Waals surface area contributed by atoms with E-state index in [9.17, 15) is 18.0 Å². The van der Waals surface area contributed by atoms with Crippen LogP contribution in [0.5, 0.6) is 0 Å². The summed E-state index contributed by atoms with van der Waals surface area (Å²) in [7, 11) is -1.32. The van der Waals surface area contributed by atoms with Crippen LogP contribution in [0.3, 0.4) is 0 Å². The summed E-state index contributed by atoms with van der Waals surface area (Å²) in [6, 6.07) is 1.89. The van der Waals surface area contributed by atoms with Gasteiger partial charge in [0.15, 0.2) is 4.90 Å². The molecule has 0 radical (unpaired) electrons. The van der Waals surface area contributed by atoms with Crippen molar-refractivity contribution in [3.63, 3.8) is 0 Å². The Labute approximate surface area is 169 Å². The van der Waals surface area contributed by atoms with Crippen molar-refractivity contribution in [3.05, 3.63) is 44.6 Å². The molecule has 2 aromatic rings. The third-order valence-electron chi connectivity index (χ3n) is 4.97. The summed E-state index contributed by atoms with van der Waals surface area (Å²) in [4.78, 5) is 34.9. The van der Waals surface area contributed by atoms with Gasteiger partial charge >= 0.3 is 5.69 Å². The molecule has 0 bridgehead atoms. The number of rotatable bonds is 4. The van der Waals surface area contributed by atoms with E-state index < -0.39 is 26.2 Å². The van der Waals surface area contributed by atoms with Crippen molar-refractivity contribution in [1.82, 2.24) is 23.4 Å². The third kappa shape index (κ3) is 3.97. The molecular weight excluding hydrogens is 396 g/mol. The molecule has 1 aliphatic heterocycles. The Morgan fingerprint density at radius 1 is 1.03 bits per heavy atom. The minimum absolute atomic E-state index is 0.191. The van der Waals surface area contributed by atoms with Crippen LogP contribution in [0.15, 0.2) is 26.7 Å². The van der Waals surface area contributed by atoms with E-state index in [0.717, 1.165) is 32.7 Å². The standard InChI is InChI=1S/C18H26N6O4S/c1-12(2)16-19-13(3)10-15(20-16)23-6-8-24(9-7-23)29(27,28)14-11-21(4)18(26)22(5)17(14)25/h10-12H,6-9H2,1-5H3. The zero-order chi connectivity index (χ0) is 21.5. The molecule has 0 aliphatic carbocycles. The van der Waals surface area contributed by atoms with E-state index in [-0.39, 0.29) is 19.0 Å². The van der Waals surface area contributed by atoms with Crippen LogP contribution in [0, 0.1) is 6.92 Å². The van der Waals surface area contributed by atoms with Gasteiger partial charge in [-0.1, -0.05) is 13.8 Å². The lowest BCUT2D eigenvalue weighted by molar-refractivity contribution is 0.382. The Hall–Kier alpha value is -2.53. The Morgan fingerprint density at radius 3 is 2.24 bits per heavy atom. The Kier molecular flexibility index (Phi) is 5.63. The predicted molar refractivity (Wildman–Crippen MR) is 109 cm³/mol. The largest absolute Gasteiger partial charge is 0.354 e. The molecule has 3 rings (SSSR count). The Balaban J connectivity index is 1.84. The number of aromatic nitrogens is 4. The zero-order valence-corrected chi connectivity index (χ0v) is 18.1. The minimum Gasteiger partial charge on any atom is -0.354 e. The number of piperazine rings is 1. The molecule has 0 atom stereocenters. The van der Waals surface area contributed by atoms with Gasteiger partial charge in [-0.2, -0.15) is 4.31 Å². The summed E-state index contributed by atoms with van der Waals surface area (Å²) >= 11 is 0. The first-order valence-corrected chi connectivity index (χ1v) is 10.8. The molecule has 2 aromatic heterocycles. The molecule has 0 spiro atoms. The van der Waals surface area contributed by atoms with Crippen LogP contribution in [-0.4, -0.2) is 58.0 Å². The molecule has 0 amide bonds. The lowest BCUT2D eigenvalue weighted by Crippen LogP contribution is -2.50. The highest BCUT2D eigenvalue weighted by Crippen LogP contribution is 2.20. The molecule has 158 valence electrons. The lowest BCUT2D eigenvalue weighted by Gasteiger charge is -2.34. The smallest absolute Gasteiger partial charge is 0.330 e. The number of hydrogen-bond acceptors (Lipinski definition) is 7. The number of hydrogen-bond donors (Lipinski definition) is 0. The van der Waals surface area contributed by atoms with Gasteiger partial charge in [0.05, 0.1) is 0 Å². The van der Waals surface area contributed by atoms with E-state index in [1.165, 1.54) is 18.4 Å². The summed E-state index contributed by atoms with van der Waals surface area (Å²) in [5.74, 6) is 1.72. The monoisotopic (exact) mass is 422 g/mol. The van der Waals surface area contributed by atoms with Crippen molar-refractivity contribution in [1.29, 1.82) is 0 Å². The summed E-state index contributed by atoms with van der Waals surface area (Å²) in [6.45, 7) is 7.28. The van der Waals surface area contributed by atoms with Gasteiger partial charge in [0, 0.05) is 64.1 Å². The highest BCUT2D eigenvalue weighted by molar-refractivity contribution is 7.89. The van der Waals surface area contributed by atoms with E-state index in [2.05, 4.69) is 9.97 Å². The van der Waals surface area contributed by atoms with Crippen molar-refractivity contribution in [2.45, 2.75) is 31.6 Å². The van der Waals surface area contributed by atoms with Gasteiger partial charge < -0.3 is 9.47 Å². The normalized spacial score (nSPS) is 15.9. The predicted octanol–water partition coefficient (Wildman–Crippen LogP) is -0.183. The van der Waals surface area contributed by atoms with E-state index in [4.69, 9.17) is 0 Å². The number of anilines is 1. The van der Waals surface area contributed by atoms with Gasteiger partial charge in [-0.05, 0) is 6.92 Å². The van der Waals surface area contributed by atoms with Gasteiger partial charge in [0.25, 0.3) is 5.56 Å². The number of aryl methyl sites for hydroxylation is 2. The summed E-state index contributed by atoms with van der Waals surface area (Å²) in [6.07, 6.45) is 1.09. The minimum atomic E-state index is -4.01. The van der Waals surface area contributed by atoms with E-state index in [1.54, 1.807) is 0 Å². The highest BCUT2D eigenvalue weighted by Gasteiger charge is 2.32. The van der Waals surface area contributed by atoms with Crippen LogP contribution < -0.4 is 16.1 Å². The van der Waals surface area contributed by atoms with Gasteiger partial charge in [-0.15, -0.1) is 0 Å². The molecule has 0 aromatic carbocycles. The van der Waals surface area contributed by atoms with E-state index >= 15 is 0 Å². The fourth-order valence-electron chi connectivity index (χ4n) is 3.24. The average Bonchev–Trinajstić information content (AvgIpc) is 2.68. The van der Waals surface area contributed by atoms with Crippen LogP contribution in [0.4, 0.5) is 5.82 Å². The van der Waals surface area contributed by atoms with Crippen molar-refractivity contribution >= 4 is 15.8 Å². The van der Waals surface area contributed by atoms with E-state index in [1.807, 2.05) is 31.7 Å². The lowest BCUT2D eigenvalue weighted by atomic mass is 10.2. The third-order valence-corrected chi connectivity index (χ3v) is 6.85. The number of sulfonamides is 1. The van der Waals surface area contributed by atoms with Gasteiger partial charge in [0.1, 0.15) is 11.6 Å². The maximum absolute atomic E-state index is 13.0. The first kappa shape index (κ1) is 21.2. The molecule has 1 saturated heterocycles. The molecule has 0 saturated carbocycles. The fourth-order valence-corrected chi connectivity index (χ4v) is 4.81. The zero-order valence-electron chi connectivity index (χ0n) is 17.3. The van der Waals surface area contributed by atoms with E-state index in [0.29, 0.717) is 13.1 Å². The molecule has 11 heteroatoms. The van der Waals surface area contributed by atoms with Crippen LogP contribution in [-0.2, 0) is 24.1 Å². The molecule has 1 aliphatic rings. The maximum atomic E-state index is 13.0. The first-order valence-electron chi connectivity index (χ1n) is 9.39. The highest BCUT2D eigenvalue weighted by atomic mass is 32.2. The summed E-state index contributed by atoms with van der Waals surface area (Å²) < 4.78 is 29.2. The molecule has 3 heterocycles. The SMILES string of the molecule is Cc1cc(N2CCN(S(=O)(=O)c3cn(C)c(=O)n(C)c3=O)CC2)nc(C(C)C)n1. The summed E-state index contributed by atoms with van der Waals surface area (Å²) in [5.41, 5.74) is -0.523. The van der Waals surface area contributed by atoms with Gasteiger partial charge in [-0.3, -0.25) is 9.36 Å². The second kappa shape index (κ2) is 7.71. The maximum Gasteiger partial charge on any atom is 0.330 e. The van der Waals surface area contributed by atoms with Crippen LogP contribution in [0.2, 0.25) is 0 Å². The molecule has 10 nitrogen and oxygen atoms in total. The topological polar surface area (TPSA) is 110 Å². The Bertz CT molecular complexity index is 1140.